The lowest BCUT2D eigenvalue weighted by atomic mass is 10.1. The minimum atomic E-state index is 0.0617. The zero-order valence-corrected chi connectivity index (χ0v) is 13.1. The maximum Gasteiger partial charge on any atom is 0.118 e. The fourth-order valence-electron chi connectivity index (χ4n) is 2.50. The fraction of sp³-hybridized carbons (Fsp3) is 0.647. The summed E-state index contributed by atoms with van der Waals surface area (Å²) in [5, 5.41) is 3.44. The molecule has 0 spiro atoms. The average molecular weight is 293 g/mol. The Kier molecular flexibility index (Phi) is 7.00. The second-order valence-corrected chi connectivity index (χ2v) is 5.43. The number of ether oxygens (including phenoxy) is 3. The maximum atomic E-state index is 6.10. The van der Waals surface area contributed by atoms with Gasteiger partial charge in [0.15, 0.2) is 0 Å². The van der Waals surface area contributed by atoms with Crippen molar-refractivity contribution in [1.82, 2.24) is 5.32 Å². The highest BCUT2D eigenvalue weighted by molar-refractivity contribution is 5.28. The third-order valence-corrected chi connectivity index (χ3v) is 3.75. The number of hydrogen-bond acceptors (Lipinski definition) is 4. The molecule has 1 aromatic carbocycles. The Hall–Kier alpha value is -1.10. The van der Waals surface area contributed by atoms with E-state index in [1.54, 1.807) is 7.11 Å². The number of nitrogens with one attached hydrogen (secondary N) is 1. The summed E-state index contributed by atoms with van der Waals surface area (Å²) in [6.45, 7) is 5.55. The van der Waals surface area contributed by atoms with Crippen LogP contribution in [0.25, 0.3) is 0 Å². The van der Waals surface area contributed by atoms with E-state index in [-0.39, 0.29) is 12.2 Å². The summed E-state index contributed by atoms with van der Waals surface area (Å²) in [5.74, 6) is 0.873. The van der Waals surface area contributed by atoms with Crippen molar-refractivity contribution >= 4 is 0 Å². The average Bonchev–Trinajstić information content (AvgIpc) is 3.04. The smallest absolute Gasteiger partial charge is 0.118 e. The van der Waals surface area contributed by atoms with E-state index in [0.29, 0.717) is 6.61 Å². The van der Waals surface area contributed by atoms with Gasteiger partial charge in [-0.05, 0) is 43.5 Å². The third kappa shape index (κ3) is 5.30. The molecule has 0 bridgehead atoms. The molecule has 1 heterocycles. The van der Waals surface area contributed by atoms with Crippen LogP contribution in [0.4, 0.5) is 0 Å². The van der Waals surface area contributed by atoms with Crippen molar-refractivity contribution < 1.29 is 14.2 Å². The lowest BCUT2D eigenvalue weighted by Gasteiger charge is -2.21. The van der Waals surface area contributed by atoms with Gasteiger partial charge in [0.2, 0.25) is 0 Å². The molecule has 1 aromatic rings. The molecule has 4 nitrogen and oxygen atoms in total. The highest BCUT2D eigenvalue weighted by Crippen LogP contribution is 2.22. The molecule has 0 saturated carbocycles. The van der Waals surface area contributed by atoms with Crippen LogP contribution in [-0.4, -0.2) is 39.5 Å². The first-order valence-electron chi connectivity index (χ1n) is 7.91. The lowest BCUT2D eigenvalue weighted by Crippen LogP contribution is -2.26. The van der Waals surface area contributed by atoms with Crippen molar-refractivity contribution in [3.63, 3.8) is 0 Å². The summed E-state index contributed by atoms with van der Waals surface area (Å²) in [5.41, 5.74) is 1.18. The summed E-state index contributed by atoms with van der Waals surface area (Å²) in [6, 6.07) is 8.12. The Labute approximate surface area is 127 Å². The van der Waals surface area contributed by atoms with Crippen molar-refractivity contribution in [2.24, 2.45) is 0 Å². The summed E-state index contributed by atoms with van der Waals surface area (Å²) in [7, 11) is 1.68. The fourth-order valence-corrected chi connectivity index (χ4v) is 2.50. The summed E-state index contributed by atoms with van der Waals surface area (Å²) in [4.78, 5) is 0. The normalized spacial score (nSPS) is 19.6. The van der Waals surface area contributed by atoms with Gasteiger partial charge in [-0.2, -0.15) is 0 Å². The van der Waals surface area contributed by atoms with E-state index >= 15 is 0 Å². The first-order valence-corrected chi connectivity index (χ1v) is 7.91. The van der Waals surface area contributed by atoms with Gasteiger partial charge in [0.25, 0.3) is 0 Å². The molecule has 21 heavy (non-hydrogen) atoms. The Bertz CT molecular complexity index is 388. The van der Waals surface area contributed by atoms with Crippen LogP contribution >= 0.6 is 0 Å². The second-order valence-electron chi connectivity index (χ2n) is 5.43. The van der Waals surface area contributed by atoms with Crippen LogP contribution in [-0.2, 0) is 9.47 Å². The Morgan fingerprint density at radius 1 is 1.33 bits per heavy atom. The van der Waals surface area contributed by atoms with Crippen LogP contribution in [0.15, 0.2) is 24.3 Å². The minimum absolute atomic E-state index is 0.0617. The molecule has 0 amide bonds. The standard InChI is InChI=1S/C17H27NO3/c1-3-10-18-12-17(21-13-16-5-4-11-20-16)14-6-8-15(19-2)9-7-14/h6-9,16-18H,3-5,10-13H2,1-2H3. The summed E-state index contributed by atoms with van der Waals surface area (Å²) >= 11 is 0. The van der Waals surface area contributed by atoms with Crippen LogP contribution in [0.5, 0.6) is 5.75 Å². The minimum Gasteiger partial charge on any atom is -0.497 e. The van der Waals surface area contributed by atoms with Gasteiger partial charge in [-0.1, -0.05) is 19.1 Å². The number of benzene rings is 1. The van der Waals surface area contributed by atoms with Crippen molar-refractivity contribution in [3.05, 3.63) is 29.8 Å². The zero-order valence-electron chi connectivity index (χ0n) is 13.1. The van der Waals surface area contributed by atoms with E-state index in [0.717, 1.165) is 44.7 Å². The SMILES string of the molecule is CCCNCC(OCC1CCCO1)c1ccc(OC)cc1. The van der Waals surface area contributed by atoms with Gasteiger partial charge in [-0.3, -0.25) is 0 Å². The summed E-state index contributed by atoms with van der Waals surface area (Å²) in [6.07, 6.45) is 3.71. The lowest BCUT2D eigenvalue weighted by molar-refractivity contribution is -0.0209. The third-order valence-electron chi connectivity index (χ3n) is 3.75. The molecule has 0 aromatic heterocycles. The number of hydrogen-bond donors (Lipinski definition) is 1. The highest BCUT2D eigenvalue weighted by atomic mass is 16.5. The molecule has 2 rings (SSSR count). The predicted octanol–water partition coefficient (Wildman–Crippen LogP) is 2.93. The molecular formula is C17H27NO3. The van der Waals surface area contributed by atoms with Gasteiger partial charge < -0.3 is 19.5 Å². The van der Waals surface area contributed by atoms with Gasteiger partial charge in [0.05, 0.1) is 25.9 Å². The van der Waals surface area contributed by atoms with Crippen molar-refractivity contribution in [3.8, 4) is 5.75 Å². The Balaban J connectivity index is 1.92. The van der Waals surface area contributed by atoms with Crippen LogP contribution < -0.4 is 10.1 Å². The van der Waals surface area contributed by atoms with Gasteiger partial charge in [-0.15, -0.1) is 0 Å². The first kappa shape index (κ1) is 16.3. The Morgan fingerprint density at radius 2 is 2.14 bits per heavy atom. The van der Waals surface area contributed by atoms with E-state index in [4.69, 9.17) is 14.2 Å². The molecular weight excluding hydrogens is 266 g/mol. The predicted molar refractivity (Wildman–Crippen MR) is 83.8 cm³/mol. The van der Waals surface area contributed by atoms with Crippen LogP contribution in [0.1, 0.15) is 37.9 Å². The van der Waals surface area contributed by atoms with Crippen molar-refractivity contribution in [1.29, 1.82) is 0 Å². The zero-order chi connectivity index (χ0) is 14.9. The van der Waals surface area contributed by atoms with Crippen molar-refractivity contribution in [2.75, 3.05) is 33.4 Å². The highest BCUT2D eigenvalue weighted by Gasteiger charge is 2.19. The van der Waals surface area contributed by atoms with E-state index in [9.17, 15) is 0 Å². The maximum absolute atomic E-state index is 6.10. The van der Waals surface area contributed by atoms with Gasteiger partial charge in [0.1, 0.15) is 5.75 Å². The number of methoxy groups -OCH3 is 1. The molecule has 1 N–H and O–H groups in total. The van der Waals surface area contributed by atoms with E-state index in [1.165, 1.54) is 5.56 Å². The molecule has 2 atom stereocenters. The van der Waals surface area contributed by atoms with E-state index in [2.05, 4.69) is 24.4 Å². The largest absolute Gasteiger partial charge is 0.497 e. The first-order chi connectivity index (χ1) is 10.3. The van der Waals surface area contributed by atoms with Crippen LogP contribution in [0.2, 0.25) is 0 Å². The van der Waals surface area contributed by atoms with Crippen LogP contribution in [0.3, 0.4) is 0 Å². The summed E-state index contributed by atoms with van der Waals surface area (Å²) < 4.78 is 17.0. The van der Waals surface area contributed by atoms with Crippen molar-refractivity contribution in [2.45, 2.75) is 38.4 Å². The van der Waals surface area contributed by atoms with Gasteiger partial charge in [-0.25, -0.2) is 0 Å². The molecule has 1 saturated heterocycles. The molecule has 4 heteroatoms. The van der Waals surface area contributed by atoms with E-state index < -0.39 is 0 Å². The molecule has 118 valence electrons. The molecule has 1 aliphatic rings. The molecule has 1 aliphatic heterocycles. The topological polar surface area (TPSA) is 39.7 Å². The monoisotopic (exact) mass is 293 g/mol. The molecule has 2 unspecified atom stereocenters. The van der Waals surface area contributed by atoms with E-state index in [1.807, 2.05) is 12.1 Å². The second kappa shape index (κ2) is 9.03. The Morgan fingerprint density at radius 3 is 2.76 bits per heavy atom. The van der Waals surface area contributed by atoms with Crippen LogP contribution in [0, 0.1) is 0 Å². The molecule has 1 fully saturated rings. The van der Waals surface area contributed by atoms with Gasteiger partial charge in [0, 0.05) is 13.2 Å². The number of rotatable bonds is 9. The molecule has 0 aliphatic carbocycles. The quantitative estimate of drug-likeness (QED) is 0.711. The molecule has 0 radical (unpaired) electrons. The van der Waals surface area contributed by atoms with Gasteiger partial charge >= 0.3 is 0 Å².